The molecule has 0 amide bonds. The molecule has 0 aromatic rings. The first kappa shape index (κ1) is 22.8. The molecule has 0 saturated carbocycles. The normalized spacial score (nSPS) is 0. The molecular weight excluding hydrogens is 554 g/mol. The van der Waals surface area contributed by atoms with Crippen molar-refractivity contribution in [1.82, 2.24) is 0 Å². The molecule has 4 heavy (non-hydrogen) atoms. The van der Waals surface area contributed by atoms with Crippen molar-refractivity contribution >= 4 is 103 Å². The van der Waals surface area contributed by atoms with E-state index < -0.39 is 0 Å². The first-order valence-electron chi connectivity index (χ1n) is 0. The van der Waals surface area contributed by atoms with Crippen LogP contribution in [-0.2, 0) is 0 Å². The van der Waals surface area contributed by atoms with E-state index >= 15 is 0 Å². The van der Waals surface area contributed by atoms with Gasteiger partial charge in [0.2, 0.25) is 0 Å². The zero-order valence-corrected chi connectivity index (χ0v) is 17.6. The molecule has 0 atom stereocenters. The molecule has 0 spiro atoms. The van der Waals surface area contributed by atoms with Gasteiger partial charge in [0, 0.05) is 165 Å². The Morgan fingerprint density at radius 3 is 0.500 bits per heavy atom. The van der Waals surface area contributed by atoms with Gasteiger partial charge in [-0.3, -0.25) is 0 Å². The molecule has 2 radical (unpaired) electrons. The number of hydrogen-bond donors (Lipinski definition) is 0. The van der Waals surface area contributed by atoms with E-state index in [9.17, 15) is 0 Å². The van der Waals surface area contributed by atoms with Gasteiger partial charge in [-0.25, -0.2) is 0 Å². The van der Waals surface area contributed by atoms with Crippen molar-refractivity contribution in [2.45, 2.75) is 0 Å². The van der Waals surface area contributed by atoms with E-state index in [4.69, 9.17) is 0 Å². The first-order chi connectivity index (χ1) is 0. The van der Waals surface area contributed by atoms with Crippen LogP contribution in [-0.4, -0.2) is 103 Å². The van der Waals surface area contributed by atoms with E-state index in [1.807, 2.05) is 0 Å². The van der Waals surface area contributed by atoms with E-state index in [-0.39, 0.29) is 165 Å². The van der Waals surface area contributed by atoms with Crippen LogP contribution in [0.15, 0.2) is 0 Å². The zero-order valence-electron chi connectivity index (χ0n) is 3.00. The Balaban J connectivity index is 0. The average Bonchev–Trinajstić information content (AvgIpc) is 0. The summed E-state index contributed by atoms with van der Waals surface area (Å²) in [5, 5.41) is 0. The Hall–Kier alpha value is 5.38. The summed E-state index contributed by atoms with van der Waals surface area (Å²) in [6.45, 7) is 0. The molecule has 0 rings (SSSR count). The average molecular weight is 554 g/mol. The maximum Gasteiger partial charge on any atom is 0 e. The minimum absolute atomic E-state index is 0. The Bertz CT molecular complexity index is 4.00. The van der Waals surface area contributed by atoms with Gasteiger partial charge >= 0.3 is 0 Å². The van der Waals surface area contributed by atoms with Crippen LogP contribution in [0.2, 0.25) is 0 Å². The third-order valence-corrected chi connectivity index (χ3v) is 0. The van der Waals surface area contributed by atoms with Gasteiger partial charge in [0.05, 0.1) is 0 Å². The second-order valence-electron chi connectivity index (χ2n) is 0. The van der Waals surface area contributed by atoms with Crippen LogP contribution in [0, 0.1) is 62.2 Å². The van der Waals surface area contributed by atoms with Crippen LogP contribution in [0.5, 0.6) is 0 Å². The van der Waals surface area contributed by atoms with Crippen molar-refractivity contribution in [2.24, 2.45) is 0 Å². The SMILES string of the molecule is [K].[K].[U].[U]. The summed E-state index contributed by atoms with van der Waals surface area (Å²) < 4.78 is 0. The van der Waals surface area contributed by atoms with Crippen molar-refractivity contribution in [3.05, 3.63) is 0 Å². The summed E-state index contributed by atoms with van der Waals surface area (Å²) in [4.78, 5) is 0. The Morgan fingerprint density at radius 2 is 0.500 bits per heavy atom. The van der Waals surface area contributed by atoms with Crippen molar-refractivity contribution in [2.75, 3.05) is 0 Å². The van der Waals surface area contributed by atoms with E-state index in [2.05, 4.69) is 0 Å². The second-order valence-corrected chi connectivity index (χ2v) is 0. The molecule has 0 aliphatic carbocycles. The molecule has 0 fully saturated rings. The van der Waals surface area contributed by atoms with Gasteiger partial charge in [0.1, 0.15) is 0 Å². The van der Waals surface area contributed by atoms with Crippen LogP contribution in [0.3, 0.4) is 0 Å². The topological polar surface area (TPSA) is 0 Å². The maximum atomic E-state index is 0. The molecule has 0 aliphatic rings. The molecule has 0 saturated heterocycles. The Labute approximate surface area is 159 Å². The van der Waals surface area contributed by atoms with Crippen molar-refractivity contribution in [3.63, 3.8) is 0 Å². The molecule has 0 nitrogen and oxygen atoms in total. The zero-order chi connectivity index (χ0) is 0. The van der Waals surface area contributed by atoms with Gasteiger partial charge in [0.15, 0.2) is 0 Å². The van der Waals surface area contributed by atoms with Crippen LogP contribution < -0.4 is 0 Å². The molecule has 0 unspecified atom stereocenters. The molecular formula is K2U2. The molecule has 10 valence electrons. The quantitative estimate of drug-likeness (QED) is 0.346. The summed E-state index contributed by atoms with van der Waals surface area (Å²) in [6, 6.07) is 0. The molecule has 4 heteroatoms. The molecule has 0 aromatic heterocycles. The standard InChI is InChI=1S/2K.2U. The molecule has 0 N–H and O–H groups in total. The minimum atomic E-state index is 0. The second kappa shape index (κ2) is 15.8. The van der Waals surface area contributed by atoms with Crippen molar-refractivity contribution in [3.8, 4) is 0 Å². The fourth-order valence-electron chi connectivity index (χ4n) is 0. The van der Waals surface area contributed by atoms with E-state index in [0.29, 0.717) is 0 Å². The van der Waals surface area contributed by atoms with Gasteiger partial charge in [-0.05, 0) is 0 Å². The van der Waals surface area contributed by atoms with Crippen LogP contribution >= 0.6 is 0 Å². The fraction of sp³-hybridized carbons (Fsp3) is 0. The van der Waals surface area contributed by atoms with E-state index in [0.717, 1.165) is 0 Å². The predicted octanol–water partition coefficient (Wildman–Crippen LogP) is -0.762. The number of hydrogen-bond acceptors (Lipinski definition) is 0. The monoisotopic (exact) mass is 554 g/mol. The number of rotatable bonds is 0. The van der Waals surface area contributed by atoms with Crippen LogP contribution in [0.4, 0.5) is 0 Å². The molecule has 0 aromatic carbocycles. The van der Waals surface area contributed by atoms with Gasteiger partial charge < -0.3 is 0 Å². The first-order valence-corrected chi connectivity index (χ1v) is 0. The summed E-state index contributed by atoms with van der Waals surface area (Å²) in [6.07, 6.45) is 0. The van der Waals surface area contributed by atoms with Gasteiger partial charge in [-0.1, -0.05) is 0 Å². The van der Waals surface area contributed by atoms with Crippen LogP contribution in [0.1, 0.15) is 0 Å². The van der Waals surface area contributed by atoms with Crippen LogP contribution in [0.25, 0.3) is 0 Å². The van der Waals surface area contributed by atoms with Gasteiger partial charge in [0.25, 0.3) is 0 Å². The van der Waals surface area contributed by atoms with E-state index in [1.165, 1.54) is 0 Å². The van der Waals surface area contributed by atoms with Crippen molar-refractivity contribution < 1.29 is 62.2 Å². The van der Waals surface area contributed by atoms with Crippen molar-refractivity contribution in [1.29, 1.82) is 0 Å². The molecule has 0 heterocycles. The van der Waals surface area contributed by atoms with Gasteiger partial charge in [-0.2, -0.15) is 0 Å². The minimum Gasteiger partial charge on any atom is 0 e. The van der Waals surface area contributed by atoms with E-state index in [1.54, 1.807) is 0 Å². The maximum absolute atomic E-state index is 0. The molecule has 0 bridgehead atoms. The summed E-state index contributed by atoms with van der Waals surface area (Å²) >= 11 is 0. The predicted molar refractivity (Wildman–Crippen MR) is 11.5 cm³/mol. The third kappa shape index (κ3) is 10.4. The third-order valence-electron chi connectivity index (χ3n) is 0. The Kier molecular flexibility index (Phi) is 89.7. The summed E-state index contributed by atoms with van der Waals surface area (Å²) in [5.74, 6) is 0. The smallest absolute Gasteiger partial charge is 0 e. The largest absolute Gasteiger partial charge is 0 e. The summed E-state index contributed by atoms with van der Waals surface area (Å²) in [5.41, 5.74) is 0. The van der Waals surface area contributed by atoms with Gasteiger partial charge in [-0.15, -0.1) is 0 Å². The Morgan fingerprint density at radius 1 is 0.500 bits per heavy atom. The summed E-state index contributed by atoms with van der Waals surface area (Å²) in [7, 11) is 0. The molecule has 0 aliphatic heterocycles. The fourth-order valence-corrected chi connectivity index (χ4v) is 0.